The van der Waals surface area contributed by atoms with Crippen molar-refractivity contribution < 1.29 is 12.4 Å². The van der Waals surface area contributed by atoms with Gasteiger partial charge in [0.25, 0.3) is 0 Å². The van der Waals surface area contributed by atoms with Crippen molar-refractivity contribution in [2.45, 2.75) is 13.8 Å². The Morgan fingerprint density at radius 3 is 1.14 bits per heavy atom. The molecule has 7 heteroatoms. The van der Waals surface area contributed by atoms with Crippen molar-refractivity contribution in [3.63, 3.8) is 0 Å². The normalized spacial score (nSPS) is 11.9. The molecular formula is C21H19Cl6Sb. The van der Waals surface area contributed by atoms with Gasteiger partial charge >= 0.3 is 55.8 Å². The van der Waals surface area contributed by atoms with E-state index in [9.17, 15) is 0 Å². The molecule has 0 heterocycles. The number of hydrogen-bond donors (Lipinski definition) is 0. The first-order chi connectivity index (χ1) is 12.5. The van der Waals surface area contributed by atoms with Gasteiger partial charge in [0.15, 0.2) is 0 Å². The zero-order valence-corrected chi connectivity index (χ0v) is 22.3. The predicted octanol–water partition coefficient (Wildman–Crippen LogP) is 5.39. The fraction of sp³-hybridized carbons (Fsp3) is 0.0952. The van der Waals surface area contributed by atoms with Crippen LogP contribution in [-0.4, -0.2) is 11.7 Å². The quantitative estimate of drug-likeness (QED) is 0.213. The molecule has 0 N–H and O–H groups in total. The van der Waals surface area contributed by atoms with Crippen LogP contribution in [0.15, 0.2) is 78.9 Å². The van der Waals surface area contributed by atoms with E-state index >= 15 is 0 Å². The third-order valence-corrected chi connectivity index (χ3v) is 3.74. The van der Waals surface area contributed by atoms with Crippen molar-refractivity contribution in [3.8, 4) is 0 Å². The van der Waals surface area contributed by atoms with Crippen LogP contribution in [0, 0.1) is 19.8 Å². The third-order valence-electron chi connectivity index (χ3n) is 3.74. The summed E-state index contributed by atoms with van der Waals surface area (Å²) in [6.45, 7) is 4.25. The second-order valence-corrected chi connectivity index (χ2v) is 44.0. The van der Waals surface area contributed by atoms with Gasteiger partial charge in [0.1, 0.15) is 0 Å². The molecule has 0 unspecified atom stereocenters. The maximum atomic E-state index is 5.05. The summed E-state index contributed by atoms with van der Waals surface area (Å²) in [7, 11) is 25.2. The van der Waals surface area contributed by atoms with E-state index < -0.39 is 11.7 Å². The van der Waals surface area contributed by atoms with Crippen molar-refractivity contribution in [2.24, 2.45) is 0 Å². The van der Waals surface area contributed by atoms with E-state index in [0.717, 1.165) is 0 Å². The summed E-state index contributed by atoms with van der Waals surface area (Å²) in [6.07, 6.45) is 0. The molecule has 3 aromatic carbocycles. The van der Waals surface area contributed by atoms with E-state index in [-0.39, 0.29) is 12.4 Å². The van der Waals surface area contributed by atoms with E-state index in [0.29, 0.717) is 0 Å². The molecule has 0 aliphatic heterocycles. The van der Waals surface area contributed by atoms with Crippen LogP contribution in [0.5, 0.6) is 0 Å². The van der Waals surface area contributed by atoms with Gasteiger partial charge < -0.3 is 12.4 Å². The van der Waals surface area contributed by atoms with Crippen LogP contribution < -0.4 is 12.4 Å². The number of aryl methyl sites for hydroxylation is 2. The molecule has 0 aliphatic carbocycles. The fourth-order valence-corrected chi connectivity index (χ4v) is 2.55. The van der Waals surface area contributed by atoms with Gasteiger partial charge in [-0.15, -0.1) is 0 Å². The summed E-state index contributed by atoms with van der Waals surface area (Å²) in [5.74, 6) is 1.29. The van der Waals surface area contributed by atoms with Gasteiger partial charge in [-0.05, 0) is 97.8 Å². The Bertz CT molecular complexity index is 791. The van der Waals surface area contributed by atoms with Crippen LogP contribution in [-0.2, 0) is 0 Å². The average molecular weight is 606 g/mol. The Morgan fingerprint density at radius 2 is 0.821 bits per heavy atom. The molecule has 0 bridgehead atoms. The van der Waals surface area contributed by atoms with Gasteiger partial charge in [0.2, 0.25) is 0 Å². The first-order valence-corrected chi connectivity index (χ1v) is 24.3. The zero-order chi connectivity index (χ0) is 20.1. The molecule has 0 radical (unpaired) electrons. The van der Waals surface area contributed by atoms with Crippen molar-refractivity contribution in [1.29, 1.82) is 0 Å². The molecule has 150 valence electrons. The molecule has 0 amide bonds. The molecule has 0 atom stereocenters. The van der Waals surface area contributed by atoms with Gasteiger partial charge in [-0.25, -0.2) is 0 Å². The van der Waals surface area contributed by atoms with Gasteiger partial charge in [0, 0.05) is 0 Å². The van der Waals surface area contributed by atoms with E-state index in [4.69, 9.17) is 44.1 Å². The first-order valence-electron chi connectivity index (χ1n) is 8.15. The second kappa shape index (κ2) is 10.9. The Hall–Kier alpha value is 0.0882. The summed E-state index contributed by atoms with van der Waals surface area (Å²) < 4.78 is 0. The van der Waals surface area contributed by atoms with Crippen LogP contribution in [0.25, 0.3) is 0 Å². The topological polar surface area (TPSA) is 0 Å². The molecule has 3 rings (SSSR count). The monoisotopic (exact) mass is 602 g/mol. The van der Waals surface area contributed by atoms with Crippen LogP contribution >= 0.6 is 44.1 Å². The van der Waals surface area contributed by atoms with Crippen molar-refractivity contribution in [2.75, 3.05) is 0 Å². The average Bonchev–Trinajstić information content (AvgIpc) is 2.57. The SMILES string of the molecule is Cc1ccc([C+](c2ccccc2)c2ccc(C)cc2)cc1.[Cl-].[Cl][Sb]([Cl])([Cl])([Cl])[Cl]. The number of halogens is 6. The maximum absolute atomic E-state index is 5.05. The summed E-state index contributed by atoms with van der Waals surface area (Å²) >= 11 is -4.33. The minimum atomic E-state index is -4.33. The Kier molecular flexibility index (Phi) is 10.2. The Morgan fingerprint density at radius 1 is 0.536 bits per heavy atom. The molecule has 0 saturated carbocycles. The molecular weight excluding hydrogens is 587 g/mol. The van der Waals surface area contributed by atoms with Gasteiger partial charge in [0.05, 0.1) is 22.6 Å². The molecule has 0 aliphatic rings. The summed E-state index contributed by atoms with van der Waals surface area (Å²) in [5, 5.41) is 0. The number of benzene rings is 3. The van der Waals surface area contributed by atoms with Gasteiger partial charge in [-0.2, -0.15) is 0 Å². The van der Waals surface area contributed by atoms with E-state index in [1.807, 2.05) is 0 Å². The van der Waals surface area contributed by atoms with Gasteiger partial charge in [-0.1, -0.05) is 6.07 Å². The minimum absolute atomic E-state index is 0. The van der Waals surface area contributed by atoms with Crippen molar-refractivity contribution in [3.05, 3.63) is 113 Å². The Labute approximate surface area is 193 Å². The zero-order valence-electron chi connectivity index (χ0n) is 15.2. The standard InChI is InChI=1S/C21H19.6ClH.Sb/c1-16-8-12-19(13-9-16)21(18-6-4-3-5-7-18)20-14-10-17(2)11-15-20;;;;;;;/h3-15H,1-2H3;6*1H;/q+1;;;;;;;+5/p-6. The fourth-order valence-electron chi connectivity index (χ4n) is 2.55. The first kappa shape index (κ1) is 26.1. The van der Waals surface area contributed by atoms with Crippen LogP contribution in [0.4, 0.5) is 0 Å². The molecule has 3 aromatic rings. The molecule has 0 saturated heterocycles. The van der Waals surface area contributed by atoms with Crippen LogP contribution in [0.1, 0.15) is 27.8 Å². The van der Waals surface area contributed by atoms with E-state index in [2.05, 4.69) is 92.7 Å². The summed E-state index contributed by atoms with van der Waals surface area (Å²) in [4.78, 5) is 0. The molecule has 0 spiro atoms. The molecule has 28 heavy (non-hydrogen) atoms. The molecule has 0 fully saturated rings. The predicted molar refractivity (Wildman–Crippen MR) is 124 cm³/mol. The van der Waals surface area contributed by atoms with Crippen LogP contribution in [0.3, 0.4) is 0 Å². The Balaban J connectivity index is 0.000000492. The van der Waals surface area contributed by atoms with E-state index in [1.54, 1.807) is 0 Å². The summed E-state index contributed by atoms with van der Waals surface area (Å²) in [6, 6.07) is 28.1. The number of hydrogen-bond acceptors (Lipinski definition) is 0. The van der Waals surface area contributed by atoms with Crippen molar-refractivity contribution >= 4 is 55.8 Å². The van der Waals surface area contributed by atoms with Crippen LogP contribution in [0.2, 0.25) is 0 Å². The summed E-state index contributed by atoms with van der Waals surface area (Å²) in [5.41, 5.74) is 6.35. The molecule has 0 nitrogen and oxygen atoms in total. The van der Waals surface area contributed by atoms with Crippen molar-refractivity contribution in [1.82, 2.24) is 0 Å². The van der Waals surface area contributed by atoms with E-state index in [1.165, 1.54) is 33.7 Å². The second-order valence-electron chi connectivity index (χ2n) is 6.11. The molecule has 0 aromatic heterocycles. The third kappa shape index (κ3) is 10.2. The number of rotatable bonds is 3. The van der Waals surface area contributed by atoms with Gasteiger partial charge in [-0.3, -0.25) is 0 Å².